The lowest BCUT2D eigenvalue weighted by Crippen LogP contribution is -2.37. The summed E-state index contributed by atoms with van der Waals surface area (Å²) in [6.45, 7) is 9.98. The van der Waals surface area contributed by atoms with Crippen molar-refractivity contribution >= 4 is 30.5 Å². The molecule has 2 rings (SSSR count). The first-order valence-electron chi connectivity index (χ1n) is 6.96. The Morgan fingerprint density at radius 2 is 1.65 bits per heavy atom. The van der Waals surface area contributed by atoms with E-state index in [1.807, 2.05) is 12.1 Å². The number of rotatable bonds is 4. The normalized spacial score (nSPS) is 11.4. The van der Waals surface area contributed by atoms with Gasteiger partial charge in [-0.15, -0.1) is 0 Å². The minimum Gasteiger partial charge on any atom is -0.380 e. The van der Waals surface area contributed by atoms with Gasteiger partial charge in [-0.2, -0.15) is 0 Å². The predicted molar refractivity (Wildman–Crippen MR) is 92.9 cm³/mol. The summed E-state index contributed by atoms with van der Waals surface area (Å²) in [5.41, 5.74) is 3.49. The van der Waals surface area contributed by atoms with Crippen molar-refractivity contribution in [2.75, 3.05) is 5.32 Å². The second-order valence-corrected chi connectivity index (χ2v) is 11.7. The maximum atomic E-state index is 6.22. The molecule has 0 saturated carbocycles. The SMILES string of the molecule is Cc1cccc(Cl)c1NCc1ccc([Si](C)(C)C)cc1. The van der Waals surface area contributed by atoms with Crippen LogP contribution in [-0.2, 0) is 6.54 Å². The molecule has 0 aromatic heterocycles. The van der Waals surface area contributed by atoms with Gasteiger partial charge in [0.1, 0.15) is 0 Å². The Kier molecular flexibility index (Phi) is 4.56. The maximum Gasteiger partial charge on any atom is 0.0775 e. The highest BCUT2D eigenvalue weighted by Gasteiger charge is 2.15. The van der Waals surface area contributed by atoms with E-state index in [2.05, 4.69) is 62.2 Å². The second-order valence-electron chi connectivity index (χ2n) is 6.23. The molecule has 1 N–H and O–H groups in total. The summed E-state index contributed by atoms with van der Waals surface area (Å²) in [6.07, 6.45) is 0. The van der Waals surface area contributed by atoms with E-state index in [1.165, 1.54) is 16.3 Å². The van der Waals surface area contributed by atoms with Crippen molar-refractivity contribution < 1.29 is 0 Å². The number of halogens is 1. The summed E-state index contributed by atoms with van der Waals surface area (Å²) in [4.78, 5) is 0. The van der Waals surface area contributed by atoms with Gasteiger partial charge in [-0.25, -0.2) is 0 Å². The van der Waals surface area contributed by atoms with Crippen molar-refractivity contribution in [3.8, 4) is 0 Å². The van der Waals surface area contributed by atoms with Gasteiger partial charge in [0.05, 0.1) is 18.8 Å². The average molecular weight is 304 g/mol. The fraction of sp³-hybridized carbons (Fsp3) is 0.294. The Morgan fingerprint density at radius 3 is 2.20 bits per heavy atom. The summed E-state index contributed by atoms with van der Waals surface area (Å²) in [5, 5.41) is 5.71. The molecular formula is C17H22ClNSi. The van der Waals surface area contributed by atoms with Gasteiger partial charge in [0.25, 0.3) is 0 Å². The van der Waals surface area contributed by atoms with E-state index in [0.29, 0.717) is 0 Å². The van der Waals surface area contributed by atoms with Crippen molar-refractivity contribution in [3.63, 3.8) is 0 Å². The highest BCUT2D eigenvalue weighted by Crippen LogP contribution is 2.25. The Balaban J connectivity index is 2.08. The first-order chi connectivity index (χ1) is 9.38. The van der Waals surface area contributed by atoms with E-state index in [1.54, 1.807) is 0 Å². The minimum absolute atomic E-state index is 0.781. The summed E-state index contributed by atoms with van der Waals surface area (Å²) >= 11 is 6.22. The van der Waals surface area contributed by atoms with Crippen LogP contribution in [0.5, 0.6) is 0 Å². The molecule has 2 aromatic carbocycles. The highest BCUT2D eigenvalue weighted by molar-refractivity contribution is 6.88. The molecule has 0 aliphatic carbocycles. The molecule has 0 unspecified atom stereocenters. The van der Waals surface area contributed by atoms with Crippen LogP contribution in [0.4, 0.5) is 5.69 Å². The van der Waals surface area contributed by atoms with Crippen LogP contribution in [0.25, 0.3) is 0 Å². The third-order valence-corrected chi connectivity index (χ3v) is 5.89. The van der Waals surface area contributed by atoms with E-state index in [-0.39, 0.29) is 0 Å². The minimum atomic E-state index is -1.20. The van der Waals surface area contributed by atoms with Gasteiger partial charge < -0.3 is 5.32 Å². The molecule has 0 aliphatic heterocycles. The lowest BCUT2D eigenvalue weighted by atomic mass is 10.2. The number of aryl methyl sites for hydroxylation is 1. The first kappa shape index (κ1) is 15.1. The van der Waals surface area contributed by atoms with Crippen LogP contribution in [0.2, 0.25) is 24.7 Å². The quantitative estimate of drug-likeness (QED) is 0.800. The van der Waals surface area contributed by atoms with Gasteiger partial charge in [-0.1, -0.05) is 72.8 Å². The van der Waals surface area contributed by atoms with Crippen LogP contribution in [0.1, 0.15) is 11.1 Å². The number of para-hydroxylation sites is 1. The number of nitrogens with one attached hydrogen (secondary N) is 1. The summed E-state index contributed by atoms with van der Waals surface area (Å²) in [5.74, 6) is 0. The summed E-state index contributed by atoms with van der Waals surface area (Å²) in [7, 11) is -1.20. The molecule has 0 aliphatic rings. The fourth-order valence-electron chi connectivity index (χ4n) is 2.17. The molecular weight excluding hydrogens is 282 g/mol. The van der Waals surface area contributed by atoms with Crippen molar-refractivity contribution in [2.24, 2.45) is 0 Å². The van der Waals surface area contributed by atoms with Gasteiger partial charge in [0.15, 0.2) is 0 Å². The fourth-order valence-corrected chi connectivity index (χ4v) is 3.62. The Hall–Kier alpha value is -1.25. The third-order valence-electron chi connectivity index (χ3n) is 3.51. The van der Waals surface area contributed by atoms with Crippen LogP contribution in [-0.4, -0.2) is 8.07 Å². The molecule has 0 radical (unpaired) electrons. The van der Waals surface area contributed by atoms with Gasteiger partial charge in [-0.3, -0.25) is 0 Å². The van der Waals surface area contributed by atoms with E-state index < -0.39 is 8.07 Å². The second kappa shape index (κ2) is 6.02. The molecule has 2 aromatic rings. The number of hydrogen-bond acceptors (Lipinski definition) is 1. The predicted octanol–water partition coefficient (Wildman–Crippen LogP) is 4.81. The lowest BCUT2D eigenvalue weighted by Gasteiger charge is -2.17. The highest BCUT2D eigenvalue weighted by atomic mass is 35.5. The number of hydrogen-bond donors (Lipinski definition) is 1. The standard InChI is InChI=1S/C17H22ClNSi/c1-13-6-5-7-16(18)17(13)19-12-14-8-10-15(11-9-14)20(2,3)4/h5-11,19H,12H2,1-4H3. The van der Waals surface area contributed by atoms with Crippen LogP contribution in [0.15, 0.2) is 42.5 Å². The largest absolute Gasteiger partial charge is 0.380 e. The van der Waals surface area contributed by atoms with Gasteiger partial charge in [0.2, 0.25) is 0 Å². The van der Waals surface area contributed by atoms with Gasteiger partial charge in [0, 0.05) is 6.54 Å². The molecule has 0 bridgehead atoms. The van der Waals surface area contributed by atoms with E-state index >= 15 is 0 Å². The molecule has 0 fully saturated rings. The lowest BCUT2D eigenvalue weighted by molar-refractivity contribution is 1.14. The smallest absolute Gasteiger partial charge is 0.0775 e. The van der Waals surface area contributed by atoms with Crippen molar-refractivity contribution in [2.45, 2.75) is 33.1 Å². The summed E-state index contributed by atoms with van der Waals surface area (Å²) < 4.78 is 0. The van der Waals surface area contributed by atoms with Gasteiger partial charge in [-0.05, 0) is 24.1 Å². The molecule has 0 atom stereocenters. The van der Waals surface area contributed by atoms with Crippen LogP contribution < -0.4 is 10.5 Å². The molecule has 0 amide bonds. The molecule has 1 nitrogen and oxygen atoms in total. The zero-order chi connectivity index (χ0) is 14.8. The Bertz CT molecular complexity index is 565. The van der Waals surface area contributed by atoms with Gasteiger partial charge >= 0.3 is 0 Å². The van der Waals surface area contributed by atoms with Crippen molar-refractivity contribution in [1.82, 2.24) is 0 Å². The molecule has 106 valence electrons. The van der Waals surface area contributed by atoms with E-state index in [4.69, 9.17) is 11.6 Å². The molecule has 0 saturated heterocycles. The van der Waals surface area contributed by atoms with Crippen LogP contribution in [0, 0.1) is 6.92 Å². The van der Waals surface area contributed by atoms with Crippen molar-refractivity contribution in [3.05, 3.63) is 58.6 Å². The first-order valence-corrected chi connectivity index (χ1v) is 10.8. The zero-order valence-corrected chi connectivity index (χ0v) is 14.4. The molecule has 0 heterocycles. The maximum absolute atomic E-state index is 6.22. The molecule has 20 heavy (non-hydrogen) atoms. The van der Waals surface area contributed by atoms with Crippen molar-refractivity contribution in [1.29, 1.82) is 0 Å². The topological polar surface area (TPSA) is 12.0 Å². The average Bonchev–Trinajstić information content (AvgIpc) is 2.37. The zero-order valence-electron chi connectivity index (χ0n) is 12.6. The van der Waals surface area contributed by atoms with E-state index in [9.17, 15) is 0 Å². The van der Waals surface area contributed by atoms with Crippen LogP contribution >= 0.6 is 11.6 Å². The Morgan fingerprint density at radius 1 is 1.00 bits per heavy atom. The number of anilines is 1. The van der Waals surface area contributed by atoms with Crippen LogP contribution in [0.3, 0.4) is 0 Å². The molecule has 0 spiro atoms. The number of benzene rings is 2. The third kappa shape index (κ3) is 3.65. The van der Waals surface area contributed by atoms with E-state index in [0.717, 1.165) is 17.3 Å². The summed E-state index contributed by atoms with van der Waals surface area (Å²) in [6, 6.07) is 14.9. The molecule has 3 heteroatoms. The monoisotopic (exact) mass is 303 g/mol. The Labute approximate surface area is 128 Å².